The summed E-state index contributed by atoms with van der Waals surface area (Å²) in [7, 11) is 2.96. The Hall–Kier alpha value is -4.38. The summed E-state index contributed by atoms with van der Waals surface area (Å²) in [5.74, 6) is -1.29. The van der Waals surface area contributed by atoms with Crippen LogP contribution in [-0.4, -0.2) is 55.2 Å². The molecule has 1 N–H and O–H groups in total. The number of anilines is 1. The molecule has 1 atom stereocenters. The molecule has 1 unspecified atom stereocenters. The second kappa shape index (κ2) is 11.8. The predicted molar refractivity (Wildman–Crippen MR) is 149 cm³/mol. The van der Waals surface area contributed by atoms with Gasteiger partial charge in [0.05, 0.1) is 44.7 Å². The molecule has 2 aromatic carbocycles. The topological polar surface area (TPSA) is 124 Å². The minimum absolute atomic E-state index is 0.116. The third-order valence-electron chi connectivity index (χ3n) is 6.38. The molecule has 0 radical (unpaired) electrons. The lowest BCUT2D eigenvalue weighted by atomic mass is 9.93. The Bertz CT molecular complexity index is 1510. The number of methoxy groups -OCH3 is 2. The zero-order valence-electron chi connectivity index (χ0n) is 23.1. The molecule has 10 nitrogen and oxygen atoms in total. The maximum Gasteiger partial charge on any atom is 0.350 e. The SMILES string of the molecule is CCOC(=O)c1sc(N2C(=O)C(=O)/C(=C(\O)c3ccc(OCC)cc3C)C2c2ccc(OC)c(OC)c2)nc1C. The van der Waals surface area contributed by atoms with Gasteiger partial charge in [0, 0.05) is 5.56 Å². The largest absolute Gasteiger partial charge is 0.507 e. The number of hydrogen-bond donors (Lipinski definition) is 1. The minimum Gasteiger partial charge on any atom is -0.507 e. The van der Waals surface area contributed by atoms with E-state index in [4.69, 9.17) is 18.9 Å². The molecular formula is C29H30N2O8S. The molecule has 2 heterocycles. The molecule has 4 rings (SSSR count). The van der Waals surface area contributed by atoms with E-state index >= 15 is 0 Å². The molecule has 1 aromatic heterocycles. The number of hydrogen-bond acceptors (Lipinski definition) is 10. The number of ketones is 1. The molecule has 0 saturated carbocycles. The molecule has 0 bridgehead atoms. The normalized spacial score (nSPS) is 16.2. The lowest BCUT2D eigenvalue weighted by Gasteiger charge is -2.24. The highest BCUT2D eigenvalue weighted by molar-refractivity contribution is 7.17. The van der Waals surface area contributed by atoms with Crippen molar-refractivity contribution in [3.8, 4) is 17.2 Å². The van der Waals surface area contributed by atoms with Gasteiger partial charge in [-0.15, -0.1) is 0 Å². The Labute approximate surface area is 235 Å². The van der Waals surface area contributed by atoms with Crippen LogP contribution in [0.2, 0.25) is 0 Å². The molecule has 0 spiro atoms. The van der Waals surface area contributed by atoms with Gasteiger partial charge in [-0.05, 0) is 69.2 Å². The molecule has 11 heteroatoms. The first-order valence-corrected chi connectivity index (χ1v) is 13.4. The molecule has 1 fully saturated rings. The van der Waals surface area contributed by atoms with Crippen molar-refractivity contribution in [2.75, 3.05) is 32.3 Å². The fraction of sp³-hybridized carbons (Fsp3) is 0.310. The summed E-state index contributed by atoms with van der Waals surface area (Å²) in [6.45, 7) is 7.58. The van der Waals surface area contributed by atoms with Gasteiger partial charge in [0.2, 0.25) is 0 Å². The number of nitrogens with zero attached hydrogens (tertiary/aromatic N) is 2. The van der Waals surface area contributed by atoms with Crippen LogP contribution in [0.4, 0.5) is 5.13 Å². The van der Waals surface area contributed by atoms with Gasteiger partial charge in [-0.25, -0.2) is 9.78 Å². The highest BCUT2D eigenvalue weighted by Crippen LogP contribution is 2.46. The number of esters is 1. The molecule has 0 aliphatic carbocycles. The molecule has 1 amide bonds. The van der Waals surface area contributed by atoms with E-state index in [1.54, 1.807) is 57.2 Å². The third-order valence-corrected chi connectivity index (χ3v) is 7.52. The first-order chi connectivity index (χ1) is 19.2. The maximum atomic E-state index is 13.6. The summed E-state index contributed by atoms with van der Waals surface area (Å²) in [4.78, 5) is 45.5. The molecule has 40 heavy (non-hydrogen) atoms. The van der Waals surface area contributed by atoms with Crippen LogP contribution in [0, 0.1) is 13.8 Å². The number of carbonyl (C=O) groups excluding carboxylic acids is 3. The first kappa shape index (κ1) is 28.6. The minimum atomic E-state index is -1.08. The summed E-state index contributed by atoms with van der Waals surface area (Å²) in [6.07, 6.45) is 0. The van der Waals surface area contributed by atoms with Crippen molar-refractivity contribution in [2.24, 2.45) is 0 Å². The number of thiazole rings is 1. The van der Waals surface area contributed by atoms with Crippen molar-refractivity contribution < 1.29 is 38.4 Å². The lowest BCUT2D eigenvalue weighted by Crippen LogP contribution is -2.29. The van der Waals surface area contributed by atoms with E-state index in [9.17, 15) is 19.5 Å². The molecular weight excluding hydrogens is 536 g/mol. The Kier molecular flexibility index (Phi) is 8.43. The van der Waals surface area contributed by atoms with Crippen LogP contribution >= 0.6 is 11.3 Å². The van der Waals surface area contributed by atoms with Crippen molar-refractivity contribution >= 4 is 39.9 Å². The van der Waals surface area contributed by atoms with Crippen molar-refractivity contribution in [3.63, 3.8) is 0 Å². The zero-order valence-corrected chi connectivity index (χ0v) is 23.9. The number of carbonyl (C=O) groups is 3. The van der Waals surface area contributed by atoms with Gasteiger partial charge in [-0.2, -0.15) is 0 Å². The number of aromatic nitrogens is 1. The molecule has 210 valence electrons. The van der Waals surface area contributed by atoms with E-state index in [0.717, 1.165) is 11.3 Å². The number of aliphatic hydroxyl groups is 1. The first-order valence-electron chi connectivity index (χ1n) is 12.6. The number of aryl methyl sites for hydroxylation is 2. The number of benzene rings is 2. The van der Waals surface area contributed by atoms with Crippen molar-refractivity contribution in [1.82, 2.24) is 4.98 Å². The van der Waals surface area contributed by atoms with Crippen LogP contribution in [0.3, 0.4) is 0 Å². The highest BCUT2D eigenvalue weighted by Gasteiger charge is 2.48. The standard InChI is InChI=1S/C29H30N2O8S/c1-7-38-18-10-11-19(15(3)13-18)24(32)22-23(17-9-12-20(36-5)21(14-17)37-6)31(27(34)25(22)33)29-30-16(4)26(40-29)28(35)39-8-2/h9-14,23,32H,7-8H2,1-6H3/b24-22-. The second-order valence-corrected chi connectivity index (χ2v) is 9.80. The number of Topliss-reactive ketones (excluding diaryl/α,β-unsaturated/α-hetero) is 1. The Morgan fingerprint density at radius 1 is 1.02 bits per heavy atom. The number of ether oxygens (including phenoxy) is 4. The van der Waals surface area contributed by atoms with Crippen LogP contribution in [0.15, 0.2) is 42.0 Å². The molecule has 1 aliphatic rings. The van der Waals surface area contributed by atoms with Crippen LogP contribution in [0.5, 0.6) is 17.2 Å². The second-order valence-electron chi connectivity index (χ2n) is 8.82. The fourth-order valence-corrected chi connectivity index (χ4v) is 5.53. The van der Waals surface area contributed by atoms with E-state index in [1.165, 1.54) is 19.1 Å². The van der Waals surface area contributed by atoms with Gasteiger partial charge in [-0.3, -0.25) is 14.5 Å². The Morgan fingerprint density at radius 3 is 2.38 bits per heavy atom. The van der Waals surface area contributed by atoms with E-state index in [-0.39, 0.29) is 27.9 Å². The summed E-state index contributed by atoms with van der Waals surface area (Å²) < 4.78 is 21.5. The van der Waals surface area contributed by atoms with Crippen molar-refractivity contribution in [2.45, 2.75) is 33.7 Å². The summed E-state index contributed by atoms with van der Waals surface area (Å²) >= 11 is 0.937. The van der Waals surface area contributed by atoms with Crippen molar-refractivity contribution in [1.29, 1.82) is 0 Å². The summed E-state index contributed by atoms with van der Waals surface area (Å²) in [6, 6.07) is 8.95. The number of aliphatic hydroxyl groups excluding tert-OH is 1. The van der Waals surface area contributed by atoms with Crippen LogP contribution < -0.4 is 19.1 Å². The summed E-state index contributed by atoms with van der Waals surface area (Å²) in [5.41, 5.74) is 1.71. The van der Waals surface area contributed by atoms with E-state index in [1.807, 2.05) is 6.92 Å². The maximum absolute atomic E-state index is 13.6. The smallest absolute Gasteiger partial charge is 0.350 e. The van der Waals surface area contributed by atoms with Gasteiger partial charge in [0.25, 0.3) is 5.78 Å². The Balaban J connectivity index is 1.95. The number of amides is 1. The average molecular weight is 567 g/mol. The lowest BCUT2D eigenvalue weighted by molar-refractivity contribution is -0.132. The van der Waals surface area contributed by atoms with Gasteiger partial charge < -0.3 is 24.1 Å². The van der Waals surface area contributed by atoms with E-state index in [0.29, 0.717) is 46.2 Å². The van der Waals surface area contributed by atoms with Gasteiger partial charge in [0.1, 0.15) is 16.4 Å². The van der Waals surface area contributed by atoms with Crippen LogP contribution in [0.25, 0.3) is 5.76 Å². The van der Waals surface area contributed by atoms with Crippen LogP contribution in [-0.2, 0) is 14.3 Å². The monoisotopic (exact) mass is 566 g/mol. The predicted octanol–water partition coefficient (Wildman–Crippen LogP) is 4.98. The zero-order chi connectivity index (χ0) is 29.1. The van der Waals surface area contributed by atoms with Gasteiger partial charge in [-0.1, -0.05) is 17.4 Å². The highest BCUT2D eigenvalue weighted by atomic mass is 32.1. The molecule has 1 saturated heterocycles. The van der Waals surface area contributed by atoms with Gasteiger partial charge in [0.15, 0.2) is 16.6 Å². The van der Waals surface area contributed by atoms with E-state index < -0.39 is 23.7 Å². The molecule has 1 aliphatic heterocycles. The Morgan fingerprint density at radius 2 is 1.75 bits per heavy atom. The quantitative estimate of drug-likeness (QED) is 0.165. The van der Waals surface area contributed by atoms with Crippen molar-refractivity contribution in [3.05, 3.63) is 69.2 Å². The number of rotatable bonds is 9. The third kappa shape index (κ3) is 5.12. The summed E-state index contributed by atoms with van der Waals surface area (Å²) in [5, 5.41) is 11.7. The van der Waals surface area contributed by atoms with Crippen LogP contribution in [0.1, 0.15) is 51.9 Å². The van der Waals surface area contributed by atoms with Gasteiger partial charge >= 0.3 is 11.9 Å². The molecule has 3 aromatic rings. The fourth-order valence-electron chi connectivity index (χ4n) is 4.54. The van der Waals surface area contributed by atoms with E-state index in [2.05, 4.69) is 4.98 Å². The average Bonchev–Trinajstić information content (AvgIpc) is 3.44.